The Hall–Kier alpha value is -3.75. The number of phenolic OH excluding ortho intramolecular Hbond substituents is 1. The van der Waals surface area contributed by atoms with Crippen LogP contribution in [0.25, 0.3) is 22.3 Å². The van der Waals surface area contributed by atoms with Crippen molar-refractivity contribution in [2.75, 3.05) is 34.5 Å². The molecule has 17 heteroatoms. The van der Waals surface area contributed by atoms with Crippen LogP contribution < -0.4 is 23.7 Å². The first-order valence-corrected chi connectivity index (χ1v) is 14.3. The molecule has 17 nitrogen and oxygen atoms in total. The van der Waals surface area contributed by atoms with Gasteiger partial charge in [-0.2, -0.15) is 0 Å². The highest BCUT2D eigenvalue weighted by Crippen LogP contribution is 2.46. The fourth-order valence-corrected chi connectivity index (χ4v) is 5.27. The number of fused-ring (bicyclic) bond motifs is 1. The van der Waals surface area contributed by atoms with E-state index in [1.165, 1.54) is 51.7 Å². The Morgan fingerprint density at radius 3 is 1.60 bits per heavy atom. The Bertz CT molecular complexity index is 1520. The Kier molecular flexibility index (Phi) is 10.4. The largest absolute Gasteiger partial charge is 0.502 e. The lowest BCUT2D eigenvalue weighted by atomic mass is 9.99. The summed E-state index contributed by atoms with van der Waals surface area (Å²) in [5.74, 6) is -0.406. The predicted octanol–water partition coefficient (Wildman–Crippen LogP) is -1.53. The van der Waals surface area contributed by atoms with Gasteiger partial charge in [0.15, 0.2) is 11.5 Å². The number of hydrogen-bond acceptors (Lipinski definition) is 16. The molecule has 0 spiro atoms. The van der Waals surface area contributed by atoms with Gasteiger partial charge in [0.25, 0.3) is 0 Å². The molecule has 9 N–H and O–H groups in total. The van der Waals surface area contributed by atoms with E-state index in [1.54, 1.807) is 0 Å². The topological polar surface area (TPSA) is 258 Å². The zero-order chi connectivity index (χ0) is 34.2. The normalized spacial score (nSPS) is 31.0. The van der Waals surface area contributed by atoms with E-state index in [0.717, 1.165) is 0 Å². The van der Waals surface area contributed by atoms with Crippen LogP contribution in [-0.2, 0) is 9.47 Å². The summed E-state index contributed by atoms with van der Waals surface area (Å²) in [4.78, 5) is 0. The Balaban J connectivity index is 1.68. The van der Waals surface area contributed by atoms with Gasteiger partial charge in [0.05, 0.1) is 46.2 Å². The summed E-state index contributed by atoms with van der Waals surface area (Å²) in [6.45, 7) is -1.41. The number of rotatable bonds is 10. The van der Waals surface area contributed by atoms with Crippen LogP contribution in [0.5, 0.6) is 34.5 Å². The standard InChI is InChI=1S/C30H36O17/c1-40-12-6-14-13(15(7-12)44-29-26(38)24(36)22(34)19(9-31)46-29)8-18(45-30-27(39)25(37)23(35)20(10-32)47-30)28(43-14)11-4-16(41-2)21(33)17(5-11)42-3/h4-8,19-20,22-27,29-32,34-39H,9-10H2,1-3H3/p+1/t19?,20?,22-,23-,24+,25?,26?,27?,29-,30-/m1/s1. The molecular formula is C30H37O17+. The lowest BCUT2D eigenvalue weighted by molar-refractivity contribution is -0.277. The molecule has 5 rings (SSSR count). The molecule has 0 bridgehead atoms. The van der Waals surface area contributed by atoms with Gasteiger partial charge in [-0.3, -0.25) is 0 Å². The summed E-state index contributed by atoms with van der Waals surface area (Å²) < 4.78 is 45.2. The maximum atomic E-state index is 10.7. The van der Waals surface area contributed by atoms with Gasteiger partial charge in [0, 0.05) is 24.3 Å². The molecule has 2 fully saturated rings. The van der Waals surface area contributed by atoms with E-state index >= 15 is 0 Å². The monoisotopic (exact) mass is 669 g/mol. The molecule has 258 valence electrons. The second-order valence-electron chi connectivity index (χ2n) is 10.8. The van der Waals surface area contributed by atoms with Gasteiger partial charge in [-0.15, -0.1) is 0 Å². The van der Waals surface area contributed by atoms with Gasteiger partial charge >= 0.3 is 11.3 Å². The molecule has 2 saturated heterocycles. The molecule has 0 radical (unpaired) electrons. The second-order valence-corrected chi connectivity index (χ2v) is 10.8. The maximum Gasteiger partial charge on any atom is 0.402 e. The van der Waals surface area contributed by atoms with Crippen LogP contribution >= 0.6 is 0 Å². The van der Waals surface area contributed by atoms with Crippen LogP contribution in [0.15, 0.2) is 34.7 Å². The zero-order valence-electron chi connectivity index (χ0n) is 25.4. The fraction of sp³-hybridized carbons (Fsp3) is 0.500. The highest BCUT2D eigenvalue weighted by molar-refractivity contribution is 5.89. The minimum atomic E-state index is -1.80. The van der Waals surface area contributed by atoms with Crippen molar-refractivity contribution in [3.8, 4) is 45.8 Å². The van der Waals surface area contributed by atoms with Gasteiger partial charge in [-0.25, -0.2) is 4.42 Å². The molecular weight excluding hydrogens is 632 g/mol. The average Bonchev–Trinajstić information content (AvgIpc) is 3.08. The van der Waals surface area contributed by atoms with E-state index in [0.29, 0.717) is 0 Å². The molecule has 0 aliphatic carbocycles. The summed E-state index contributed by atoms with van der Waals surface area (Å²) in [7, 11) is 4.00. The number of methoxy groups -OCH3 is 3. The van der Waals surface area contributed by atoms with E-state index in [9.17, 15) is 46.0 Å². The van der Waals surface area contributed by atoms with Crippen LogP contribution in [-0.4, -0.2) is 142 Å². The van der Waals surface area contributed by atoms with Crippen molar-refractivity contribution in [2.24, 2.45) is 0 Å². The van der Waals surface area contributed by atoms with E-state index in [1.807, 2.05) is 0 Å². The molecule has 3 heterocycles. The first kappa shape index (κ1) is 34.6. The third kappa shape index (κ3) is 6.55. The van der Waals surface area contributed by atoms with E-state index < -0.39 is 74.6 Å². The number of ether oxygens (including phenoxy) is 7. The van der Waals surface area contributed by atoms with Crippen LogP contribution in [0.4, 0.5) is 0 Å². The average molecular weight is 670 g/mol. The van der Waals surface area contributed by atoms with Crippen molar-refractivity contribution in [1.82, 2.24) is 0 Å². The summed E-state index contributed by atoms with van der Waals surface area (Å²) in [5, 5.41) is 92.4. The van der Waals surface area contributed by atoms with E-state index in [2.05, 4.69) is 0 Å². The van der Waals surface area contributed by atoms with Crippen molar-refractivity contribution in [3.63, 3.8) is 0 Å². The van der Waals surface area contributed by atoms with Gasteiger partial charge in [0.1, 0.15) is 65.7 Å². The summed E-state index contributed by atoms with van der Waals surface area (Å²) >= 11 is 0. The molecule has 5 unspecified atom stereocenters. The summed E-state index contributed by atoms with van der Waals surface area (Å²) in [5.41, 5.74) is 0.309. The lowest BCUT2D eigenvalue weighted by Crippen LogP contribution is -2.60. The van der Waals surface area contributed by atoms with Crippen LogP contribution in [0.2, 0.25) is 0 Å². The van der Waals surface area contributed by atoms with Crippen LogP contribution in [0.3, 0.4) is 0 Å². The van der Waals surface area contributed by atoms with Gasteiger partial charge in [-0.1, -0.05) is 0 Å². The number of aliphatic hydroxyl groups excluding tert-OH is 8. The molecule has 10 atom stereocenters. The minimum absolute atomic E-state index is 0.00859. The molecule has 2 aromatic carbocycles. The lowest BCUT2D eigenvalue weighted by Gasteiger charge is -2.39. The predicted molar refractivity (Wildman–Crippen MR) is 156 cm³/mol. The number of aromatic hydroxyl groups is 1. The smallest absolute Gasteiger partial charge is 0.402 e. The molecule has 47 heavy (non-hydrogen) atoms. The first-order chi connectivity index (χ1) is 22.4. The third-order valence-electron chi connectivity index (χ3n) is 7.95. The van der Waals surface area contributed by atoms with Crippen molar-refractivity contribution < 1.29 is 83.5 Å². The summed E-state index contributed by atoms with van der Waals surface area (Å²) in [6, 6.07) is 7.04. The van der Waals surface area contributed by atoms with Crippen molar-refractivity contribution in [3.05, 3.63) is 30.3 Å². The second kappa shape index (κ2) is 14.2. The number of phenols is 1. The number of benzene rings is 2. The molecule has 2 aliphatic rings. The number of aliphatic hydroxyl groups is 8. The number of hydrogen-bond donors (Lipinski definition) is 9. The van der Waals surface area contributed by atoms with Crippen molar-refractivity contribution in [2.45, 2.75) is 61.4 Å². The molecule has 0 saturated carbocycles. The molecule has 2 aliphatic heterocycles. The fourth-order valence-electron chi connectivity index (χ4n) is 5.27. The minimum Gasteiger partial charge on any atom is -0.502 e. The Labute approximate surface area is 266 Å². The SMILES string of the molecule is COc1cc(O[C@@H]2OC(CO)[C@@H](O)[C@H](O)C2O)c2cc(O[C@@H]3OC(CO)[C@@H](O)C(O)C3O)c(-c3cc(OC)c(O)c(OC)c3)[o+]c2c1. The van der Waals surface area contributed by atoms with Crippen molar-refractivity contribution in [1.29, 1.82) is 0 Å². The molecule has 0 amide bonds. The van der Waals surface area contributed by atoms with E-state index in [-0.39, 0.29) is 56.8 Å². The maximum absolute atomic E-state index is 10.7. The van der Waals surface area contributed by atoms with Crippen LogP contribution in [0.1, 0.15) is 0 Å². The van der Waals surface area contributed by atoms with E-state index in [4.69, 9.17) is 37.6 Å². The molecule has 3 aromatic rings. The van der Waals surface area contributed by atoms with Crippen LogP contribution in [0, 0.1) is 0 Å². The van der Waals surface area contributed by atoms with Gasteiger partial charge in [-0.05, 0) is 0 Å². The zero-order valence-corrected chi connectivity index (χ0v) is 25.4. The Morgan fingerprint density at radius 1 is 0.617 bits per heavy atom. The van der Waals surface area contributed by atoms with Gasteiger partial charge < -0.3 is 79.1 Å². The highest BCUT2D eigenvalue weighted by atomic mass is 16.7. The highest BCUT2D eigenvalue weighted by Gasteiger charge is 2.47. The third-order valence-corrected chi connectivity index (χ3v) is 7.95. The Morgan fingerprint density at radius 2 is 1.13 bits per heavy atom. The first-order valence-electron chi connectivity index (χ1n) is 14.3. The summed E-state index contributed by atoms with van der Waals surface area (Å²) in [6.07, 6.45) is -16.2. The molecule has 1 aromatic heterocycles. The quantitative estimate of drug-likeness (QED) is 0.111. The van der Waals surface area contributed by atoms with Crippen molar-refractivity contribution >= 4 is 11.0 Å². The van der Waals surface area contributed by atoms with Gasteiger partial charge in [0.2, 0.25) is 24.1 Å².